The minimum Gasteiger partial charge on any atom is -0.452 e. The van der Waals surface area contributed by atoms with Crippen molar-refractivity contribution in [3.05, 3.63) is 90.1 Å². The van der Waals surface area contributed by atoms with Gasteiger partial charge in [-0.3, -0.25) is 4.79 Å². The number of benzene rings is 2. The Labute approximate surface area is 204 Å². The summed E-state index contributed by atoms with van der Waals surface area (Å²) >= 11 is 0. The van der Waals surface area contributed by atoms with Crippen molar-refractivity contribution in [2.45, 2.75) is 11.4 Å². The second kappa shape index (κ2) is 11.1. The van der Waals surface area contributed by atoms with Crippen LogP contribution < -0.4 is 9.62 Å². The monoisotopic (exact) mass is 494 g/mol. The number of hydrogen-bond acceptors (Lipinski definition) is 7. The van der Waals surface area contributed by atoms with E-state index in [4.69, 9.17) is 4.74 Å². The summed E-state index contributed by atoms with van der Waals surface area (Å²) in [5, 5.41) is 0. The van der Waals surface area contributed by atoms with E-state index in [1.807, 2.05) is 48.5 Å². The van der Waals surface area contributed by atoms with E-state index in [0.717, 1.165) is 11.4 Å². The molecule has 0 atom stereocenters. The van der Waals surface area contributed by atoms with Gasteiger partial charge in [0.05, 0.1) is 10.5 Å². The van der Waals surface area contributed by atoms with Gasteiger partial charge in [-0.05, 0) is 35.9 Å². The summed E-state index contributed by atoms with van der Waals surface area (Å²) < 4.78 is 33.0. The molecule has 1 fully saturated rings. The molecule has 1 amide bonds. The van der Waals surface area contributed by atoms with Crippen molar-refractivity contribution in [2.24, 2.45) is 0 Å². The van der Waals surface area contributed by atoms with Crippen LogP contribution >= 0.6 is 0 Å². The molecule has 9 nitrogen and oxygen atoms in total. The number of carbonyl (C=O) groups is 2. The fourth-order valence-electron chi connectivity index (χ4n) is 3.68. The van der Waals surface area contributed by atoms with Gasteiger partial charge in [-0.1, -0.05) is 42.5 Å². The highest BCUT2D eigenvalue weighted by Gasteiger charge is 2.23. The third kappa shape index (κ3) is 6.43. The van der Waals surface area contributed by atoms with Crippen molar-refractivity contribution in [1.29, 1.82) is 0 Å². The van der Waals surface area contributed by atoms with Gasteiger partial charge in [-0.2, -0.15) is 0 Å². The van der Waals surface area contributed by atoms with E-state index in [9.17, 15) is 18.0 Å². The third-order valence-electron chi connectivity index (χ3n) is 5.62. The maximum atomic E-state index is 12.6. The summed E-state index contributed by atoms with van der Waals surface area (Å²) in [6.45, 7) is 1.96. The van der Waals surface area contributed by atoms with Crippen LogP contribution in [-0.2, 0) is 26.1 Å². The number of anilines is 1. The molecule has 0 unspecified atom stereocenters. The Kier molecular flexibility index (Phi) is 7.74. The Morgan fingerprint density at radius 3 is 2.37 bits per heavy atom. The van der Waals surface area contributed by atoms with Gasteiger partial charge < -0.3 is 14.5 Å². The molecule has 1 aromatic heterocycles. The van der Waals surface area contributed by atoms with Crippen LogP contribution in [0.1, 0.15) is 15.9 Å². The lowest BCUT2D eigenvalue weighted by molar-refractivity contribution is -0.134. The maximum absolute atomic E-state index is 12.6. The van der Waals surface area contributed by atoms with Crippen molar-refractivity contribution in [2.75, 3.05) is 37.7 Å². The predicted octanol–water partition coefficient (Wildman–Crippen LogP) is 2.07. The number of rotatable bonds is 8. The zero-order valence-electron chi connectivity index (χ0n) is 19.0. The Morgan fingerprint density at radius 2 is 1.66 bits per heavy atom. The Balaban J connectivity index is 1.29. The highest BCUT2D eigenvalue weighted by molar-refractivity contribution is 7.89. The molecule has 0 radical (unpaired) electrons. The van der Waals surface area contributed by atoms with Crippen molar-refractivity contribution >= 4 is 27.7 Å². The largest absolute Gasteiger partial charge is 0.452 e. The van der Waals surface area contributed by atoms with Crippen molar-refractivity contribution in [3.8, 4) is 0 Å². The number of carbonyl (C=O) groups excluding carboxylic acids is 2. The molecule has 1 aliphatic heterocycles. The molecule has 0 aliphatic carbocycles. The highest BCUT2D eigenvalue weighted by atomic mass is 32.2. The smallest absolute Gasteiger partial charge is 0.338 e. The van der Waals surface area contributed by atoms with Gasteiger partial charge in [0.1, 0.15) is 5.82 Å². The quantitative estimate of drug-likeness (QED) is 0.478. The highest BCUT2D eigenvalue weighted by Crippen LogP contribution is 2.15. The number of hydrogen-bond donors (Lipinski definition) is 1. The summed E-state index contributed by atoms with van der Waals surface area (Å²) in [7, 11) is -3.83. The van der Waals surface area contributed by atoms with Gasteiger partial charge in [0.25, 0.3) is 5.91 Å². The zero-order chi connectivity index (χ0) is 24.7. The molecule has 0 saturated carbocycles. The first-order valence-corrected chi connectivity index (χ1v) is 12.7. The van der Waals surface area contributed by atoms with Crippen molar-refractivity contribution in [1.82, 2.24) is 14.6 Å². The van der Waals surface area contributed by atoms with E-state index in [1.165, 1.54) is 24.3 Å². The van der Waals surface area contributed by atoms with Crippen LogP contribution in [0.3, 0.4) is 0 Å². The fourth-order valence-corrected chi connectivity index (χ4v) is 4.74. The van der Waals surface area contributed by atoms with Crippen LogP contribution in [0.15, 0.2) is 83.9 Å². The molecule has 1 aliphatic rings. The van der Waals surface area contributed by atoms with Crippen molar-refractivity contribution in [3.63, 3.8) is 0 Å². The molecule has 35 heavy (non-hydrogen) atoms. The zero-order valence-corrected chi connectivity index (χ0v) is 19.9. The first kappa shape index (κ1) is 24.4. The lowest BCUT2D eigenvalue weighted by atomic mass is 10.2. The Hall–Kier alpha value is -3.76. The van der Waals surface area contributed by atoms with Crippen LogP contribution in [-0.4, -0.2) is 63.0 Å². The third-order valence-corrected chi connectivity index (χ3v) is 7.02. The second-order valence-corrected chi connectivity index (χ2v) is 9.74. The SMILES string of the molecule is O=C(OCC(=O)N1CCN(c2ccccn2)CC1)c1cccc(S(=O)(=O)NCc2ccccc2)c1. The van der Waals surface area contributed by atoms with Gasteiger partial charge >= 0.3 is 5.97 Å². The summed E-state index contributed by atoms with van der Waals surface area (Å²) in [5.74, 6) is -0.197. The first-order chi connectivity index (χ1) is 16.9. The molecule has 2 heterocycles. The topological polar surface area (TPSA) is 109 Å². The van der Waals surface area contributed by atoms with Crippen molar-refractivity contribution < 1.29 is 22.7 Å². The van der Waals surface area contributed by atoms with Gasteiger partial charge in [-0.15, -0.1) is 0 Å². The minimum absolute atomic E-state index is 0.0557. The number of amides is 1. The molecular weight excluding hydrogens is 468 g/mol. The summed E-state index contributed by atoms with van der Waals surface area (Å²) in [5.41, 5.74) is 0.867. The number of esters is 1. The fraction of sp³-hybridized carbons (Fsp3) is 0.240. The number of ether oxygens (including phenoxy) is 1. The number of sulfonamides is 1. The van der Waals surface area contributed by atoms with Crippen LogP contribution in [0.25, 0.3) is 0 Å². The molecule has 4 rings (SSSR count). The lowest BCUT2D eigenvalue weighted by Crippen LogP contribution is -2.50. The molecule has 10 heteroatoms. The Morgan fingerprint density at radius 1 is 0.914 bits per heavy atom. The average Bonchev–Trinajstić information content (AvgIpc) is 2.91. The van der Waals surface area contributed by atoms with Gasteiger partial charge in [-0.25, -0.2) is 22.9 Å². The maximum Gasteiger partial charge on any atom is 0.338 e. The van der Waals surface area contributed by atoms with Crippen LogP contribution in [0.2, 0.25) is 0 Å². The number of pyridine rings is 1. The van der Waals surface area contributed by atoms with E-state index in [-0.39, 0.29) is 22.9 Å². The minimum atomic E-state index is -3.83. The predicted molar refractivity (Wildman–Crippen MR) is 130 cm³/mol. The molecule has 0 bridgehead atoms. The normalized spacial score (nSPS) is 13.9. The molecule has 2 aromatic carbocycles. The molecule has 0 spiro atoms. The number of nitrogens with zero attached hydrogens (tertiary/aromatic N) is 3. The second-order valence-electron chi connectivity index (χ2n) is 7.97. The number of nitrogens with one attached hydrogen (secondary N) is 1. The Bertz CT molecular complexity index is 1260. The number of piperazine rings is 1. The first-order valence-electron chi connectivity index (χ1n) is 11.2. The van der Waals surface area contributed by atoms with Crippen LogP contribution in [0.5, 0.6) is 0 Å². The van der Waals surface area contributed by atoms with E-state index < -0.39 is 22.6 Å². The van der Waals surface area contributed by atoms with Gasteiger partial charge in [0.2, 0.25) is 10.0 Å². The average molecular weight is 495 g/mol. The van der Waals surface area contributed by atoms with Crippen LogP contribution in [0, 0.1) is 0 Å². The summed E-state index contributed by atoms with van der Waals surface area (Å²) in [6.07, 6.45) is 1.73. The van der Waals surface area contributed by atoms with Gasteiger partial charge in [0, 0.05) is 38.9 Å². The molecule has 1 N–H and O–H groups in total. The van der Waals surface area contributed by atoms with E-state index in [1.54, 1.807) is 11.1 Å². The standard InChI is InChI=1S/C25H26N4O5S/c30-24(29-15-13-28(14-16-29)23-11-4-5-12-26-23)19-34-25(31)21-9-6-10-22(17-21)35(32,33)27-18-20-7-2-1-3-8-20/h1-12,17,27H,13-16,18-19H2. The summed E-state index contributed by atoms with van der Waals surface area (Å²) in [6, 6.07) is 20.4. The molecule has 182 valence electrons. The molecular formula is C25H26N4O5S. The lowest BCUT2D eigenvalue weighted by Gasteiger charge is -2.35. The van der Waals surface area contributed by atoms with E-state index in [0.29, 0.717) is 26.2 Å². The van der Waals surface area contributed by atoms with E-state index >= 15 is 0 Å². The van der Waals surface area contributed by atoms with Crippen LogP contribution in [0.4, 0.5) is 5.82 Å². The van der Waals surface area contributed by atoms with Gasteiger partial charge in [0.15, 0.2) is 6.61 Å². The molecule has 1 saturated heterocycles. The van der Waals surface area contributed by atoms with E-state index in [2.05, 4.69) is 14.6 Å². The number of aromatic nitrogens is 1. The molecule has 3 aromatic rings. The summed E-state index contributed by atoms with van der Waals surface area (Å²) in [4.78, 5) is 33.0.